The largest absolute Gasteiger partial charge is 0.469 e. The first-order valence-corrected chi connectivity index (χ1v) is 6.82. The van der Waals surface area contributed by atoms with E-state index >= 15 is 0 Å². The third-order valence-electron chi connectivity index (χ3n) is 3.26. The summed E-state index contributed by atoms with van der Waals surface area (Å²) >= 11 is 0. The summed E-state index contributed by atoms with van der Waals surface area (Å²) in [5.74, 6) is 1.02. The smallest absolute Gasteiger partial charge is 0.105 e. The molecule has 0 saturated heterocycles. The van der Waals surface area contributed by atoms with E-state index in [1.165, 1.54) is 5.56 Å². The maximum Gasteiger partial charge on any atom is 0.105 e. The molecule has 0 amide bonds. The van der Waals surface area contributed by atoms with Crippen LogP contribution in [-0.2, 0) is 6.42 Å². The summed E-state index contributed by atoms with van der Waals surface area (Å²) in [5.41, 5.74) is 7.36. The van der Waals surface area contributed by atoms with Gasteiger partial charge in [-0.25, -0.2) is 0 Å². The van der Waals surface area contributed by atoms with E-state index in [1.807, 2.05) is 30.3 Å². The Morgan fingerprint density at radius 2 is 1.95 bits per heavy atom. The van der Waals surface area contributed by atoms with E-state index < -0.39 is 0 Å². The zero-order valence-electron chi connectivity index (χ0n) is 11.4. The number of rotatable bonds is 7. The molecule has 0 saturated carbocycles. The van der Waals surface area contributed by atoms with Crippen LogP contribution in [0.4, 0.5) is 0 Å². The van der Waals surface area contributed by atoms with Gasteiger partial charge in [0.2, 0.25) is 0 Å². The lowest BCUT2D eigenvalue weighted by atomic mass is 10.0. The van der Waals surface area contributed by atoms with Gasteiger partial charge in [0.1, 0.15) is 5.76 Å². The van der Waals surface area contributed by atoms with Crippen molar-refractivity contribution in [2.45, 2.75) is 31.8 Å². The second kappa shape index (κ2) is 7.12. The SMILES string of the molecule is CC(Cc1ccco1)NCCC(N)c1ccccc1. The molecule has 3 nitrogen and oxygen atoms in total. The van der Waals surface area contributed by atoms with Gasteiger partial charge in [-0.05, 0) is 37.6 Å². The molecule has 3 heteroatoms. The van der Waals surface area contributed by atoms with E-state index in [2.05, 4.69) is 24.4 Å². The van der Waals surface area contributed by atoms with E-state index in [4.69, 9.17) is 10.2 Å². The fourth-order valence-electron chi connectivity index (χ4n) is 2.15. The van der Waals surface area contributed by atoms with Crippen molar-refractivity contribution >= 4 is 0 Å². The van der Waals surface area contributed by atoms with Crippen LogP contribution in [0, 0.1) is 0 Å². The highest BCUT2D eigenvalue weighted by Crippen LogP contribution is 2.12. The van der Waals surface area contributed by atoms with Crippen LogP contribution in [0.15, 0.2) is 53.1 Å². The van der Waals surface area contributed by atoms with Crippen molar-refractivity contribution in [3.63, 3.8) is 0 Å². The number of nitrogens with two attached hydrogens (primary N) is 1. The van der Waals surface area contributed by atoms with Crippen LogP contribution >= 0.6 is 0 Å². The third kappa shape index (κ3) is 4.54. The van der Waals surface area contributed by atoms with Gasteiger partial charge < -0.3 is 15.5 Å². The first-order valence-electron chi connectivity index (χ1n) is 6.82. The second-order valence-corrected chi connectivity index (χ2v) is 4.94. The Hall–Kier alpha value is -1.58. The number of furan rings is 1. The van der Waals surface area contributed by atoms with Gasteiger partial charge in [-0.3, -0.25) is 0 Å². The Morgan fingerprint density at radius 3 is 2.63 bits per heavy atom. The Bertz CT molecular complexity index is 453. The normalized spacial score (nSPS) is 14.2. The first-order chi connectivity index (χ1) is 9.25. The number of benzene rings is 1. The standard InChI is InChI=1S/C16H22N2O/c1-13(12-15-8-5-11-19-15)18-10-9-16(17)14-6-3-2-4-7-14/h2-8,11,13,16,18H,9-10,12,17H2,1H3. The van der Waals surface area contributed by atoms with Gasteiger partial charge in [0.05, 0.1) is 6.26 Å². The van der Waals surface area contributed by atoms with Crippen LogP contribution in [0.1, 0.15) is 30.7 Å². The van der Waals surface area contributed by atoms with E-state index in [1.54, 1.807) is 6.26 Å². The van der Waals surface area contributed by atoms with Gasteiger partial charge in [-0.15, -0.1) is 0 Å². The molecular formula is C16H22N2O. The summed E-state index contributed by atoms with van der Waals surface area (Å²) in [6, 6.07) is 14.7. The average molecular weight is 258 g/mol. The van der Waals surface area contributed by atoms with Gasteiger partial charge >= 0.3 is 0 Å². The van der Waals surface area contributed by atoms with Crippen molar-refractivity contribution in [2.24, 2.45) is 5.73 Å². The molecule has 0 aliphatic carbocycles. The predicted molar refractivity (Wildman–Crippen MR) is 77.9 cm³/mol. The summed E-state index contributed by atoms with van der Waals surface area (Å²) in [5, 5.41) is 3.48. The van der Waals surface area contributed by atoms with Gasteiger partial charge in [0, 0.05) is 18.5 Å². The molecule has 2 atom stereocenters. The molecule has 0 fully saturated rings. The van der Waals surface area contributed by atoms with Crippen molar-refractivity contribution in [3.8, 4) is 0 Å². The maximum absolute atomic E-state index is 6.16. The molecule has 2 rings (SSSR count). The second-order valence-electron chi connectivity index (χ2n) is 4.94. The summed E-state index contributed by atoms with van der Waals surface area (Å²) < 4.78 is 5.34. The maximum atomic E-state index is 6.16. The van der Waals surface area contributed by atoms with E-state index in [9.17, 15) is 0 Å². The fourth-order valence-corrected chi connectivity index (χ4v) is 2.15. The molecular weight excluding hydrogens is 236 g/mol. The van der Waals surface area contributed by atoms with E-state index in [0.29, 0.717) is 6.04 Å². The Kier molecular flexibility index (Phi) is 5.19. The van der Waals surface area contributed by atoms with Crippen molar-refractivity contribution in [2.75, 3.05) is 6.54 Å². The minimum atomic E-state index is 0.101. The predicted octanol–water partition coefficient (Wildman–Crippen LogP) is 2.89. The molecule has 102 valence electrons. The number of hydrogen-bond donors (Lipinski definition) is 2. The molecule has 0 aliphatic rings. The molecule has 3 N–H and O–H groups in total. The summed E-state index contributed by atoms with van der Waals surface area (Å²) in [4.78, 5) is 0. The molecule has 0 spiro atoms. The summed E-state index contributed by atoms with van der Waals surface area (Å²) in [7, 11) is 0. The Morgan fingerprint density at radius 1 is 1.16 bits per heavy atom. The zero-order valence-corrected chi connectivity index (χ0v) is 11.4. The topological polar surface area (TPSA) is 51.2 Å². The molecule has 0 aliphatic heterocycles. The minimum Gasteiger partial charge on any atom is -0.469 e. The van der Waals surface area contributed by atoms with E-state index in [0.717, 1.165) is 25.1 Å². The number of nitrogens with one attached hydrogen (secondary N) is 1. The molecule has 1 aromatic heterocycles. The molecule has 19 heavy (non-hydrogen) atoms. The zero-order chi connectivity index (χ0) is 13.5. The van der Waals surface area contributed by atoms with Gasteiger partial charge in [0.15, 0.2) is 0 Å². The van der Waals surface area contributed by atoms with Crippen LogP contribution in [0.3, 0.4) is 0 Å². The lowest BCUT2D eigenvalue weighted by Crippen LogP contribution is -2.30. The van der Waals surface area contributed by atoms with Crippen molar-refractivity contribution in [3.05, 3.63) is 60.1 Å². The van der Waals surface area contributed by atoms with Crippen LogP contribution in [0.5, 0.6) is 0 Å². The molecule has 1 aromatic carbocycles. The van der Waals surface area contributed by atoms with Crippen molar-refractivity contribution in [1.29, 1.82) is 0 Å². The fraction of sp³-hybridized carbons (Fsp3) is 0.375. The Labute approximate surface area is 114 Å². The quantitative estimate of drug-likeness (QED) is 0.803. The highest BCUT2D eigenvalue weighted by Gasteiger charge is 2.08. The van der Waals surface area contributed by atoms with Gasteiger partial charge in [-0.1, -0.05) is 30.3 Å². The summed E-state index contributed by atoms with van der Waals surface area (Å²) in [6.07, 6.45) is 3.56. The number of hydrogen-bond acceptors (Lipinski definition) is 3. The van der Waals surface area contributed by atoms with Gasteiger partial charge in [-0.2, -0.15) is 0 Å². The molecule has 1 heterocycles. The molecule has 2 unspecified atom stereocenters. The summed E-state index contributed by atoms with van der Waals surface area (Å²) in [6.45, 7) is 3.08. The van der Waals surface area contributed by atoms with Crippen molar-refractivity contribution in [1.82, 2.24) is 5.32 Å². The minimum absolute atomic E-state index is 0.101. The Balaban J connectivity index is 1.68. The molecule has 0 radical (unpaired) electrons. The van der Waals surface area contributed by atoms with E-state index in [-0.39, 0.29) is 6.04 Å². The van der Waals surface area contributed by atoms with Crippen LogP contribution in [0.2, 0.25) is 0 Å². The van der Waals surface area contributed by atoms with Crippen LogP contribution < -0.4 is 11.1 Å². The monoisotopic (exact) mass is 258 g/mol. The van der Waals surface area contributed by atoms with Crippen molar-refractivity contribution < 1.29 is 4.42 Å². The lowest BCUT2D eigenvalue weighted by Gasteiger charge is -2.16. The average Bonchev–Trinajstić information content (AvgIpc) is 2.92. The first kappa shape index (κ1) is 13.8. The lowest BCUT2D eigenvalue weighted by molar-refractivity contribution is 0.448. The molecule has 2 aromatic rings. The van der Waals surface area contributed by atoms with Gasteiger partial charge in [0.25, 0.3) is 0 Å². The third-order valence-corrected chi connectivity index (χ3v) is 3.26. The van der Waals surface area contributed by atoms with Crippen LogP contribution in [-0.4, -0.2) is 12.6 Å². The van der Waals surface area contributed by atoms with Crippen LogP contribution in [0.25, 0.3) is 0 Å². The highest BCUT2D eigenvalue weighted by molar-refractivity contribution is 5.18. The molecule has 0 bridgehead atoms. The highest BCUT2D eigenvalue weighted by atomic mass is 16.3.